The second-order valence-corrected chi connectivity index (χ2v) is 5.74. The number of aliphatic hydroxyl groups is 1. The van der Waals surface area contributed by atoms with Gasteiger partial charge in [-0.1, -0.05) is 57.9 Å². The Morgan fingerprint density at radius 1 is 1.15 bits per heavy atom. The fraction of sp³-hybridized carbons (Fsp3) is 0.200. The maximum Gasteiger partial charge on any atom is 0.0773 e. The lowest BCUT2D eigenvalue weighted by atomic mass is 9.97. The zero-order valence-electron chi connectivity index (χ0n) is 10.7. The number of hydrogen-bond donors (Lipinski definition) is 2. The summed E-state index contributed by atoms with van der Waals surface area (Å²) in [5, 5.41) is 10.9. The number of halogens is 3. The third-order valence-corrected chi connectivity index (χ3v) is 3.98. The first-order valence-corrected chi connectivity index (χ1v) is 7.17. The summed E-state index contributed by atoms with van der Waals surface area (Å²) in [6.07, 6.45) is -0.141. The van der Waals surface area contributed by atoms with Gasteiger partial charge in [-0.25, -0.2) is 0 Å². The Morgan fingerprint density at radius 2 is 1.80 bits per heavy atom. The van der Waals surface area contributed by atoms with Crippen LogP contribution in [0.2, 0.25) is 5.02 Å². The van der Waals surface area contributed by atoms with E-state index in [0.717, 1.165) is 15.6 Å². The molecule has 0 spiro atoms. The Balaban J connectivity index is 0.00000200. The molecule has 3 N–H and O–H groups in total. The molecule has 108 valence electrons. The van der Waals surface area contributed by atoms with Gasteiger partial charge in [-0.15, -0.1) is 12.4 Å². The van der Waals surface area contributed by atoms with Gasteiger partial charge in [-0.2, -0.15) is 0 Å². The molecule has 0 bridgehead atoms. The highest BCUT2D eigenvalue weighted by Gasteiger charge is 2.19. The Hall–Kier alpha value is -0.580. The lowest BCUT2D eigenvalue weighted by molar-refractivity contribution is 0.145. The average molecular weight is 377 g/mol. The summed E-state index contributed by atoms with van der Waals surface area (Å²) in [6, 6.07) is 14.7. The van der Waals surface area contributed by atoms with Crippen LogP contribution < -0.4 is 5.73 Å². The summed E-state index contributed by atoms with van der Waals surface area (Å²) in [6.45, 7) is 0. The van der Waals surface area contributed by atoms with E-state index in [1.54, 1.807) is 12.1 Å². The highest BCUT2D eigenvalue weighted by Crippen LogP contribution is 2.28. The van der Waals surface area contributed by atoms with Gasteiger partial charge < -0.3 is 10.8 Å². The minimum atomic E-state index is -0.655. The van der Waals surface area contributed by atoms with Gasteiger partial charge >= 0.3 is 0 Å². The second kappa shape index (κ2) is 8.01. The maximum atomic E-state index is 10.3. The van der Waals surface area contributed by atoms with Crippen molar-refractivity contribution in [3.63, 3.8) is 0 Å². The summed E-state index contributed by atoms with van der Waals surface area (Å²) in [5.74, 6) is 0. The normalized spacial score (nSPS) is 13.4. The van der Waals surface area contributed by atoms with Crippen molar-refractivity contribution in [2.24, 2.45) is 5.73 Å². The number of nitrogens with two attached hydrogens (primary N) is 1. The molecule has 2 atom stereocenters. The van der Waals surface area contributed by atoms with Crippen LogP contribution in [0.15, 0.2) is 53.0 Å². The monoisotopic (exact) mass is 375 g/mol. The Labute approximate surface area is 138 Å². The summed E-state index contributed by atoms with van der Waals surface area (Å²) in [7, 11) is 0. The molecule has 0 saturated heterocycles. The van der Waals surface area contributed by atoms with E-state index >= 15 is 0 Å². The van der Waals surface area contributed by atoms with E-state index in [-0.39, 0.29) is 12.4 Å². The van der Waals surface area contributed by atoms with Crippen molar-refractivity contribution in [1.82, 2.24) is 0 Å². The minimum absolute atomic E-state index is 0. The first kappa shape index (κ1) is 17.5. The van der Waals surface area contributed by atoms with Crippen LogP contribution in [-0.4, -0.2) is 11.2 Å². The standard InChI is InChI=1S/C15H15BrClNO.ClH/c16-13-7-6-11(17)9-12(13)15(18)14(19)8-10-4-2-1-3-5-10;/h1-7,9,14-15,19H,8,18H2;1H/t14-,15+;/m1./s1. The van der Waals surface area contributed by atoms with Gasteiger partial charge in [-0.05, 0) is 29.3 Å². The molecule has 0 saturated carbocycles. The molecule has 2 aromatic carbocycles. The van der Waals surface area contributed by atoms with Crippen LogP contribution in [0.4, 0.5) is 0 Å². The molecule has 0 aliphatic rings. The molecular formula is C15H16BrCl2NO. The van der Waals surface area contributed by atoms with Crippen LogP contribution >= 0.6 is 39.9 Å². The predicted molar refractivity (Wildman–Crippen MR) is 89.5 cm³/mol. The van der Waals surface area contributed by atoms with Crippen LogP contribution in [-0.2, 0) is 6.42 Å². The topological polar surface area (TPSA) is 46.2 Å². The Bertz CT molecular complexity index is 551. The molecule has 0 fully saturated rings. The first-order valence-electron chi connectivity index (χ1n) is 6.00. The van der Waals surface area contributed by atoms with Gasteiger partial charge in [0.05, 0.1) is 12.1 Å². The van der Waals surface area contributed by atoms with E-state index in [1.807, 2.05) is 36.4 Å². The van der Waals surface area contributed by atoms with Crippen molar-refractivity contribution in [2.45, 2.75) is 18.6 Å². The van der Waals surface area contributed by atoms with Gasteiger partial charge in [0, 0.05) is 15.9 Å². The molecule has 2 nitrogen and oxygen atoms in total. The quantitative estimate of drug-likeness (QED) is 0.842. The second-order valence-electron chi connectivity index (χ2n) is 4.45. The average Bonchev–Trinajstić information content (AvgIpc) is 2.42. The lowest BCUT2D eigenvalue weighted by Crippen LogP contribution is -2.28. The van der Waals surface area contributed by atoms with Crippen LogP contribution in [0, 0.1) is 0 Å². The van der Waals surface area contributed by atoms with Crippen molar-refractivity contribution >= 4 is 39.9 Å². The van der Waals surface area contributed by atoms with E-state index < -0.39 is 12.1 Å². The smallest absolute Gasteiger partial charge is 0.0773 e. The molecular weight excluding hydrogens is 361 g/mol. The molecule has 0 heterocycles. The Morgan fingerprint density at radius 3 is 2.45 bits per heavy atom. The number of benzene rings is 2. The third-order valence-electron chi connectivity index (χ3n) is 3.02. The summed E-state index contributed by atoms with van der Waals surface area (Å²) < 4.78 is 0.858. The van der Waals surface area contributed by atoms with Crippen molar-refractivity contribution in [3.05, 3.63) is 69.2 Å². The molecule has 2 rings (SSSR count). The predicted octanol–water partition coefficient (Wildman–Crippen LogP) is 4.13. The Kier molecular flexibility index (Phi) is 7.00. The molecule has 2 aromatic rings. The van der Waals surface area contributed by atoms with Gasteiger partial charge in [-0.3, -0.25) is 0 Å². The molecule has 0 aromatic heterocycles. The van der Waals surface area contributed by atoms with Crippen LogP contribution in [0.5, 0.6) is 0 Å². The molecule has 0 aliphatic heterocycles. The zero-order chi connectivity index (χ0) is 13.8. The van der Waals surface area contributed by atoms with Gasteiger partial charge in [0.1, 0.15) is 0 Å². The van der Waals surface area contributed by atoms with Crippen LogP contribution in [0.25, 0.3) is 0 Å². The summed E-state index contributed by atoms with van der Waals surface area (Å²) in [4.78, 5) is 0. The largest absolute Gasteiger partial charge is 0.391 e. The van der Waals surface area contributed by atoms with Crippen molar-refractivity contribution < 1.29 is 5.11 Å². The molecule has 20 heavy (non-hydrogen) atoms. The summed E-state index contributed by atoms with van der Waals surface area (Å²) in [5.41, 5.74) is 7.99. The maximum absolute atomic E-state index is 10.3. The van der Waals surface area contributed by atoms with Crippen molar-refractivity contribution in [2.75, 3.05) is 0 Å². The van der Waals surface area contributed by atoms with E-state index in [9.17, 15) is 5.11 Å². The zero-order valence-corrected chi connectivity index (χ0v) is 13.8. The number of aliphatic hydroxyl groups excluding tert-OH is 1. The van der Waals surface area contributed by atoms with E-state index in [1.165, 1.54) is 0 Å². The highest BCUT2D eigenvalue weighted by atomic mass is 79.9. The van der Waals surface area contributed by atoms with Crippen molar-refractivity contribution in [3.8, 4) is 0 Å². The molecule has 0 radical (unpaired) electrons. The molecule has 5 heteroatoms. The fourth-order valence-corrected chi connectivity index (χ4v) is 2.65. The molecule has 0 unspecified atom stereocenters. The fourth-order valence-electron chi connectivity index (χ4n) is 1.96. The van der Waals surface area contributed by atoms with E-state index in [0.29, 0.717) is 11.4 Å². The number of rotatable bonds is 4. The first-order chi connectivity index (χ1) is 9.08. The summed E-state index contributed by atoms with van der Waals surface area (Å²) >= 11 is 9.40. The highest BCUT2D eigenvalue weighted by molar-refractivity contribution is 9.10. The molecule has 0 aliphatic carbocycles. The minimum Gasteiger partial charge on any atom is -0.391 e. The van der Waals surface area contributed by atoms with E-state index in [4.69, 9.17) is 17.3 Å². The van der Waals surface area contributed by atoms with Crippen LogP contribution in [0.1, 0.15) is 17.2 Å². The van der Waals surface area contributed by atoms with Crippen molar-refractivity contribution in [1.29, 1.82) is 0 Å². The third kappa shape index (κ3) is 4.47. The van der Waals surface area contributed by atoms with Crippen LogP contribution in [0.3, 0.4) is 0 Å². The van der Waals surface area contributed by atoms with Gasteiger partial charge in [0.25, 0.3) is 0 Å². The van der Waals surface area contributed by atoms with Gasteiger partial charge in [0.15, 0.2) is 0 Å². The SMILES string of the molecule is Cl.N[C@@H](c1cc(Cl)ccc1Br)[C@H](O)Cc1ccccc1. The van der Waals surface area contributed by atoms with E-state index in [2.05, 4.69) is 15.9 Å². The van der Waals surface area contributed by atoms with Gasteiger partial charge in [0.2, 0.25) is 0 Å². The molecule has 0 amide bonds. The number of hydrogen-bond acceptors (Lipinski definition) is 2. The lowest BCUT2D eigenvalue weighted by Gasteiger charge is -2.20.